The van der Waals surface area contributed by atoms with Gasteiger partial charge in [0.2, 0.25) is 5.91 Å². The maximum absolute atomic E-state index is 13.3. The first-order valence-corrected chi connectivity index (χ1v) is 13.2. The number of nitrogens with zero attached hydrogens (tertiary/aromatic N) is 3. The second-order valence-corrected chi connectivity index (χ2v) is 11.0. The van der Waals surface area contributed by atoms with E-state index in [1.54, 1.807) is 0 Å². The quantitative estimate of drug-likeness (QED) is 0.496. The molecule has 0 radical (unpaired) electrons. The summed E-state index contributed by atoms with van der Waals surface area (Å²) in [6, 6.07) is 12.4. The first-order chi connectivity index (χ1) is 15.9. The van der Waals surface area contributed by atoms with Crippen molar-refractivity contribution in [2.75, 3.05) is 32.7 Å². The number of aromatic nitrogens is 1. The Morgan fingerprint density at radius 2 is 1.85 bits per heavy atom. The molecule has 4 rings (SSSR count). The molecule has 5 nitrogen and oxygen atoms in total. The highest BCUT2D eigenvalue weighted by Crippen LogP contribution is 2.33. The van der Waals surface area contributed by atoms with Crippen LogP contribution in [0.3, 0.4) is 0 Å². The summed E-state index contributed by atoms with van der Waals surface area (Å²) in [7, 11) is 0. The van der Waals surface area contributed by atoms with Gasteiger partial charge in [-0.05, 0) is 83.5 Å². The minimum Gasteiger partial charge on any atom is -0.337 e. The van der Waals surface area contributed by atoms with Gasteiger partial charge < -0.3 is 10.2 Å². The highest BCUT2D eigenvalue weighted by molar-refractivity contribution is 9.10. The van der Waals surface area contributed by atoms with Gasteiger partial charge in [-0.15, -0.1) is 0 Å². The molecule has 7 heteroatoms. The molecule has 1 aromatic heterocycles. The number of hydrogen-bond donors (Lipinski definition) is 1. The zero-order valence-corrected chi connectivity index (χ0v) is 21.9. The molecule has 1 unspecified atom stereocenters. The number of benzene rings is 1. The van der Waals surface area contributed by atoms with E-state index in [0.29, 0.717) is 24.2 Å². The molecule has 2 aliphatic heterocycles. The molecule has 0 spiro atoms. The Hall–Kier alpha value is -1.47. The summed E-state index contributed by atoms with van der Waals surface area (Å²) in [4.78, 5) is 22.7. The summed E-state index contributed by atoms with van der Waals surface area (Å²) in [6.07, 6.45) is 4.74. The number of carbonyl (C=O) groups is 1. The Morgan fingerprint density at radius 3 is 2.47 bits per heavy atom. The molecule has 34 heavy (non-hydrogen) atoms. The van der Waals surface area contributed by atoms with E-state index < -0.39 is 0 Å². The summed E-state index contributed by atoms with van der Waals surface area (Å²) >= 11 is 9.69. The number of carbonyl (C=O) groups excluding carboxylic acids is 1. The number of hydrogen-bond acceptors (Lipinski definition) is 4. The lowest BCUT2D eigenvalue weighted by molar-refractivity contribution is -0.139. The fraction of sp³-hybridized carbons (Fsp3) is 0.556. The standard InChI is InChI=1S/C26H34BrClN4O.CH4/c1-18(2)24-17-31(13-14-32(24)25(33)15-19-9-11-29-12-10-19)26(20-3-6-22(28)7-4-20)23-8-5-21(27)16-30-23;/h3-8,16,18-19,24,26,29H,9-15,17H2,1-2H3;1H4/t24-,26?;/m1./s1. The topological polar surface area (TPSA) is 48.5 Å². The highest BCUT2D eigenvalue weighted by atomic mass is 79.9. The average molecular weight is 550 g/mol. The molecular formula is C27H38BrClN4O. The van der Waals surface area contributed by atoms with Crippen molar-refractivity contribution in [1.82, 2.24) is 20.1 Å². The van der Waals surface area contributed by atoms with E-state index >= 15 is 0 Å². The van der Waals surface area contributed by atoms with E-state index in [9.17, 15) is 4.79 Å². The molecule has 1 aromatic carbocycles. The van der Waals surface area contributed by atoms with Gasteiger partial charge in [-0.25, -0.2) is 0 Å². The van der Waals surface area contributed by atoms with Gasteiger partial charge in [-0.2, -0.15) is 0 Å². The van der Waals surface area contributed by atoms with Gasteiger partial charge in [0.1, 0.15) is 0 Å². The lowest BCUT2D eigenvalue weighted by Crippen LogP contribution is -2.58. The molecule has 2 aromatic rings. The monoisotopic (exact) mass is 548 g/mol. The van der Waals surface area contributed by atoms with Crippen LogP contribution < -0.4 is 5.32 Å². The van der Waals surface area contributed by atoms with E-state index in [-0.39, 0.29) is 19.5 Å². The zero-order valence-electron chi connectivity index (χ0n) is 19.5. The number of piperazine rings is 1. The lowest BCUT2D eigenvalue weighted by atomic mass is 9.91. The largest absolute Gasteiger partial charge is 0.337 e. The molecule has 0 bridgehead atoms. The van der Waals surface area contributed by atoms with Crippen LogP contribution in [0.15, 0.2) is 47.1 Å². The highest BCUT2D eigenvalue weighted by Gasteiger charge is 2.37. The summed E-state index contributed by atoms with van der Waals surface area (Å²) in [5, 5.41) is 4.13. The van der Waals surface area contributed by atoms with Crippen LogP contribution in [0.4, 0.5) is 0 Å². The molecule has 3 heterocycles. The van der Waals surface area contributed by atoms with Gasteiger partial charge in [0, 0.05) is 47.8 Å². The number of rotatable bonds is 6. The van der Waals surface area contributed by atoms with Gasteiger partial charge >= 0.3 is 0 Å². The molecule has 0 saturated carbocycles. The molecule has 186 valence electrons. The molecule has 1 N–H and O–H groups in total. The Bertz CT molecular complexity index is 870. The van der Waals surface area contributed by atoms with Gasteiger partial charge in [-0.1, -0.05) is 45.0 Å². The van der Waals surface area contributed by atoms with E-state index in [1.165, 1.54) is 5.56 Å². The molecule has 1 amide bonds. The van der Waals surface area contributed by atoms with E-state index in [1.807, 2.05) is 24.4 Å². The Morgan fingerprint density at radius 1 is 1.15 bits per heavy atom. The molecule has 2 atom stereocenters. The normalized spacial score (nSPS) is 20.7. The summed E-state index contributed by atoms with van der Waals surface area (Å²) < 4.78 is 0.967. The van der Waals surface area contributed by atoms with Crippen molar-refractivity contribution in [3.8, 4) is 0 Å². The Balaban J connectivity index is 0.00000324. The van der Waals surface area contributed by atoms with Crippen molar-refractivity contribution in [3.05, 3.63) is 63.3 Å². The average Bonchev–Trinajstić information content (AvgIpc) is 2.82. The minimum atomic E-state index is 0. The number of halogens is 2. The van der Waals surface area contributed by atoms with Crippen LogP contribution in [-0.2, 0) is 4.79 Å². The summed E-state index contributed by atoms with van der Waals surface area (Å²) in [5.41, 5.74) is 2.18. The van der Waals surface area contributed by atoms with Crippen molar-refractivity contribution in [3.63, 3.8) is 0 Å². The van der Waals surface area contributed by atoms with Crippen molar-refractivity contribution in [2.24, 2.45) is 11.8 Å². The van der Waals surface area contributed by atoms with Crippen LogP contribution in [0.1, 0.15) is 57.8 Å². The van der Waals surface area contributed by atoms with Crippen LogP contribution in [0.2, 0.25) is 5.02 Å². The van der Waals surface area contributed by atoms with Gasteiger partial charge in [0.25, 0.3) is 0 Å². The summed E-state index contributed by atoms with van der Waals surface area (Å²) in [6.45, 7) is 8.94. The minimum absolute atomic E-state index is 0. The Kier molecular flexibility index (Phi) is 9.95. The second-order valence-electron chi connectivity index (χ2n) is 9.65. The van der Waals surface area contributed by atoms with Crippen molar-refractivity contribution in [1.29, 1.82) is 0 Å². The predicted molar refractivity (Wildman–Crippen MR) is 144 cm³/mol. The van der Waals surface area contributed by atoms with Gasteiger partial charge in [0.15, 0.2) is 0 Å². The molecular weight excluding hydrogens is 512 g/mol. The van der Waals surface area contributed by atoms with Crippen LogP contribution in [-0.4, -0.2) is 59.5 Å². The third-order valence-electron chi connectivity index (χ3n) is 7.04. The first-order valence-electron chi connectivity index (χ1n) is 12.0. The van der Waals surface area contributed by atoms with E-state index in [2.05, 4.69) is 63.1 Å². The fourth-order valence-electron chi connectivity index (χ4n) is 5.16. The third-order valence-corrected chi connectivity index (χ3v) is 7.76. The second kappa shape index (κ2) is 12.5. The van der Waals surface area contributed by atoms with Crippen molar-refractivity contribution in [2.45, 2.75) is 52.6 Å². The number of nitrogens with one attached hydrogen (secondary N) is 1. The number of pyridine rings is 1. The van der Waals surface area contributed by atoms with Crippen LogP contribution in [0, 0.1) is 11.8 Å². The molecule has 0 aliphatic carbocycles. The van der Waals surface area contributed by atoms with E-state index in [0.717, 1.165) is 60.8 Å². The first kappa shape index (κ1) is 27.1. The maximum atomic E-state index is 13.3. The predicted octanol–water partition coefficient (Wildman–Crippen LogP) is 5.78. The summed E-state index contributed by atoms with van der Waals surface area (Å²) in [5.74, 6) is 1.22. The number of amides is 1. The van der Waals surface area contributed by atoms with Crippen LogP contribution in [0.5, 0.6) is 0 Å². The van der Waals surface area contributed by atoms with Crippen molar-refractivity contribution < 1.29 is 4.79 Å². The van der Waals surface area contributed by atoms with Crippen LogP contribution >= 0.6 is 27.5 Å². The van der Waals surface area contributed by atoms with Gasteiger partial charge in [-0.3, -0.25) is 14.7 Å². The smallest absolute Gasteiger partial charge is 0.223 e. The third kappa shape index (κ3) is 6.60. The Labute approximate surface area is 218 Å². The SMILES string of the molecule is C.CC(C)[C@H]1CN(C(c2ccc(Cl)cc2)c2ccc(Br)cn2)CCN1C(=O)CC1CCNCC1. The maximum Gasteiger partial charge on any atom is 0.223 e. The lowest BCUT2D eigenvalue weighted by Gasteiger charge is -2.46. The number of piperidine rings is 1. The van der Waals surface area contributed by atoms with Crippen LogP contribution in [0.25, 0.3) is 0 Å². The molecule has 2 aliphatic rings. The van der Waals surface area contributed by atoms with E-state index in [4.69, 9.17) is 16.6 Å². The zero-order chi connectivity index (χ0) is 23.4. The molecule has 2 saturated heterocycles. The van der Waals surface area contributed by atoms with Gasteiger partial charge in [0.05, 0.1) is 11.7 Å². The van der Waals surface area contributed by atoms with Crippen molar-refractivity contribution >= 4 is 33.4 Å². The fourth-order valence-corrected chi connectivity index (χ4v) is 5.52. The molecule has 2 fully saturated rings.